The van der Waals surface area contributed by atoms with Crippen molar-refractivity contribution in [3.8, 4) is 0 Å². The number of esters is 1. The number of methoxy groups -OCH3 is 1. The molecule has 3 rings (SSSR count). The van der Waals surface area contributed by atoms with Gasteiger partial charge in [-0.15, -0.1) is 0 Å². The quantitative estimate of drug-likeness (QED) is 0.798. The molecule has 0 saturated carbocycles. The van der Waals surface area contributed by atoms with Gasteiger partial charge in [-0.3, -0.25) is 4.79 Å². The molecule has 0 bridgehead atoms. The van der Waals surface area contributed by atoms with E-state index in [2.05, 4.69) is 4.98 Å². The van der Waals surface area contributed by atoms with Gasteiger partial charge in [0.1, 0.15) is 5.69 Å². The van der Waals surface area contributed by atoms with Gasteiger partial charge in [0.15, 0.2) is 0 Å². The molecule has 23 heavy (non-hydrogen) atoms. The number of carbonyl (C=O) groups is 2. The highest BCUT2D eigenvalue weighted by molar-refractivity contribution is 6.00. The maximum Gasteiger partial charge on any atom is 0.356 e. The summed E-state index contributed by atoms with van der Waals surface area (Å²) in [5.74, 6) is -0.479. The van der Waals surface area contributed by atoms with E-state index < -0.39 is 11.4 Å². The number of hydrogen-bond acceptors (Lipinski definition) is 4. The number of para-hydroxylation sites is 1. The number of benzene rings is 1. The summed E-state index contributed by atoms with van der Waals surface area (Å²) < 4.78 is 6.57. The molecular weight excluding hydrogens is 294 g/mol. The fourth-order valence-electron chi connectivity index (χ4n) is 3.34. The van der Waals surface area contributed by atoms with Crippen LogP contribution < -0.4 is 4.90 Å². The number of hydrogen-bond donors (Lipinski definition) is 0. The van der Waals surface area contributed by atoms with Crippen LogP contribution in [0.2, 0.25) is 0 Å². The van der Waals surface area contributed by atoms with E-state index in [1.54, 1.807) is 22.8 Å². The highest BCUT2D eigenvalue weighted by atomic mass is 16.5. The number of fused-ring (bicyclic) bond motifs is 1. The molecule has 0 spiro atoms. The Labute approximate surface area is 134 Å². The monoisotopic (exact) mass is 313 g/mol. The number of anilines is 1. The van der Waals surface area contributed by atoms with Crippen LogP contribution in [0.5, 0.6) is 0 Å². The molecule has 1 aliphatic heterocycles. The normalized spacial score (nSPS) is 19.4. The Bertz CT molecular complexity index is 779. The summed E-state index contributed by atoms with van der Waals surface area (Å²) in [5.41, 5.74) is 1.42. The Kier molecular flexibility index (Phi) is 3.47. The third kappa shape index (κ3) is 2.13. The van der Waals surface area contributed by atoms with E-state index >= 15 is 0 Å². The first kappa shape index (κ1) is 15.3. The summed E-state index contributed by atoms with van der Waals surface area (Å²) in [4.78, 5) is 30.6. The highest BCUT2D eigenvalue weighted by Gasteiger charge is 2.47. The van der Waals surface area contributed by atoms with Crippen molar-refractivity contribution in [2.24, 2.45) is 5.41 Å². The molecule has 6 nitrogen and oxygen atoms in total. The third-order valence-electron chi connectivity index (χ3n) is 4.47. The Morgan fingerprint density at radius 2 is 2.00 bits per heavy atom. The number of imidazole rings is 1. The summed E-state index contributed by atoms with van der Waals surface area (Å²) in [7, 11) is 3.10. The average molecular weight is 313 g/mol. The molecule has 0 saturated heterocycles. The third-order valence-corrected chi connectivity index (χ3v) is 4.47. The molecule has 6 heteroatoms. The molecule has 2 aromatic rings. The summed E-state index contributed by atoms with van der Waals surface area (Å²) in [6.45, 7) is 3.76. The largest absolute Gasteiger partial charge is 0.464 e. The average Bonchev–Trinajstić information content (AvgIpc) is 3.01. The molecule has 0 N–H and O–H groups in total. The van der Waals surface area contributed by atoms with Gasteiger partial charge >= 0.3 is 5.97 Å². The summed E-state index contributed by atoms with van der Waals surface area (Å²) >= 11 is 0. The lowest BCUT2D eigenvalue weighted by atomic mass is 9.75. The molecule has 0 fully saturated rings. The Hall–Kier alpha value is -2.63. The van der Waals surface area contributed by atoms with Crippen LogP contribution in [0.4, 0.5) is 5.69 Å². The minimum Gasteiger partial charge on any atom is -0.464 e. The van der Waals surface area contributed by atoms with E-state index in [9.17, 15) is 9.59 Å². The molecular formula is C17H19N3O3. The molecule has 1 amide bonds. The molecule has 1 unspecified atom stereocenters. The molecule has 0 aliphatic carbocycles. The summed E-state index contributed by atoms with van der Waals surface area (Å²) in [6, 6.07) is 7.38. The van der Waals surface area contributed by atoms with Crippen molar-refractivity contribution >= 4 is 17.6 Å². The zero-order valence-electron chi connectivity index (χ0n) is 13.6. The number of carbonyl (C=O) groups excluding carboxylic acids is 2. The number of nitrogens with zero attached hydrogens (tertiary/aromatic N) is 3. The lowest BCUT2D eigenvalue weighted by molar-refractivity contribution is -0.128. The van der Waals surface area contributed by atoms with Crippen LogP contribution in [0.3, 0.4) is 0 Å². The molecule has 2 heterocycles. The van der Waals surface area contributed by atoms with E-state index in [0.717, 1.165) is 11.3 Å². The van der Waals surface area contributed by atoms with Gasteiger partial charge < -0.3 is 14.2 Å². The van der Waals surface area contributed by atoms with Crippen molar-refractivity contribution in [2.45, 2.75) is 19.9 Å². The second-order valence-electron chi connectivity index (χ2n) is 6.22. The van der Waals surface area contributed by atoms with Crippen molar-refractivity contribution < 1.29 is 14.3 Å². The van der Waals surface area contributed by atoms with Gasteiger partial charge in [-0.2, -0.15) is 0 Å². The number of amides is 1. The van der Waals surface area contributed by atoms with Gasteiger partial charge in [-0.1, -0.05) is 18.2 Å². The molecule has 1 aromatic carbocycles. The van der Waals surface area contributed by atoms with Crippen molar-refractivity contribution in [1.82, 2.24) is 9.55 Å². The second-order valence-corrected chi connectivity index (χ2v) is 6.22. The van der Waals surface area contributed by atoms with Gasteiger partial charge in [-0.05, 0) is 25.5 Å². The topological polar surface area (TPSA) is 64.4 Å². The van der Waals surface area contributed by atoms with E-state index in [4.69, 9.17) is 4.74 Å². The smallest absolute Gasteiger partial charge is 0.356 e. The van der Waals surface area contributed by atoms with E-state index in [0.29, 0.717) is 5.69 Å². The van der Waals surface area contributed by atoms with Gasteiger partial charge in [0, 0.05) is 12.7 Å². The fraction of sp³-hybridized carbons (Fsp3) is 0.353. The van der Waals surface area contributed by atoms with Crippen molar-refractivity contribution in [2.75, 3.05) is 19.1 Å². The van der Waals surface area contributed by atoms with Crippen LogP contribution in [0.1, 0.15) is 35.9 Å². The van der Waals surface area contributed by atoms with Crippen molar-refractivity contribution in [3.63, 3.8) is 0 Å². The summed E-state index contributed by atoms with van der Waals surface area (Å²) in [5, 5.41) is 0. The van der Waals surface area contributed by atoms with E-state index in [1.807, 2.05) is 38.1 Å². The predicted octanol–water partition coefficient (Wildman–Crippen LogP) is 2.26. The molecule has 1 aromatic heterocycles. The second kappa shape index (κ2) is 5.22. The van der Waals surface area contributed by atoms with Gasteiger partial charge in [0.2, 0.25) is 5.91 Å². The van der Waals surface area contributed by atoms with Crippen LogP contribution in [-0.2, 0) is 9.53 Å². The Morgan fingerprint density at radius 3 is 2.70 bits per heavy atom. The van der Waals surface area contributed by atoms with Crippen molar-refractivity contribution in [1.29, 1.82) is 0 Å². The zero-order valence-corrected chi connectivity index (χ0v) is 13.6. The fourth-order valence-corrected chi connectivity index (χ4v) is 3.34. The molecule has 1 atom stereocenters. The van der Waals surface area contributed by atoms with E-state index in [1.165, 1.54) is 13.3 Å². The van der Waals surface area contributed by atoms with Crippen LogP contribution in [0.15, 0.2) is 36.8 Å². The predicted molar refractivity (Wildman–Crippen MR) is 85.3 cm³/mol. The maximum atomic E-state index is 12.8. The number of ether oxygens (including phenoxy) is 1. The van der Waals surface area contributed by atoms with Crippen LogP contribution in [-0.4, -0.2) is 35.6 Å². The van der Waals surface area contributed by atoms with E-state index in [-0.39, 0.29) is 11.9 Å². The highest BCUT2D eigenvalue weighted by Crippen LogP contribution is 2.47. The molecule has 120 valence electrons. The van der Waals surface area contributed by atoms with Crippen LogP contribution >= 0.6 is 0 Å². The molecule has 0 radical (unpaired) electrons. The lowest BCUT2D eigenvalue weighted by Gasteiger charge is -2.43. The van der Waals surface area contributed by atoms with Crippen LogP contribution in [0.25, 0.3) is 0 Å². The lowest BCUT2D eigenvalue weighted by Crippen LogP contribution is -2.49. The zero-order chi connectivity index (χ0) is 16.8. The first-order chi connectivity index (χ1) is 10.9. The van der Waals surface area contributed by atoms with Gasteiger partial charge in [-0.25, -0.2) is 9.78 Å². The number of rotatable bonds is 2. The van der Waals surface area contributed by atoms with Gasteiger partial charge in [0.05, 0.1) is 31.1 Å². The minimum absolute atomic E-state index is 0.00860. The van der Waals surface area contributed by atoms with Crippen LogP contribution in [0, 0.1) is 5.41 Å². The first-order valence-corrected chi connectivity index (χ1v) is 7.36. The Balaban J connectivity index is 2.25. The minimum atomic E-state index is -0.730. The molecule has 1 aliphatic rings. The van der Waals surface area contributed by atoms with Crippen molar-refractivity contribution in [3.05, 3.63) is 48.0 Å². The number of aromatic nitrogens is 2. The summed E-state index contributed by atoms with van der Waals surface area (Å²) in [6.07, 6.45) is 3.04. The van der Waals surface area contributed by atoms with Gasteiger partial charge in [0.25, 0.3) is 0 Å². The first-order valence-electron chi connectivity index (χ1n) is 7.36. The SMILES string of the molecule is COC(=O)c1cncn1C1c2ccccc2N(C)C(=O)C1(C)C. The standard InChI is InChI=1S/C17H19N3O3/c1-17(2)14(20-10-18-9-13(20)15(21)23-4)11-7-5-6-8-12(11)19(3)16(17)22/h5-10,14H,1-4H3. The Morgan fingerprint density at radius 1 is 1.30 bits per heavy atom. The maximum absolute atomic E-state index is 12.8.